The Labute approximate surface area is 224 Å². The first kappa shape index (κ1) is 27.2. The molecular weight excluding hydrogens is 539 g/mol. The third kappa shape index (κ3) is 5.14. The number of aromatic nitrogens is 3. The Balaban J connectivity index is 1.49. The molecule has 4 heterocycles. The maximum Gasteiger partial charge on any atom is 0.341 e. The number of nitrogens with one attached hydrogen (secondary N) is 1. The number of rotatable bonds is 7. The van der Waals surface area contributed by atoms with E-state index in [1.807, 2.05) is 27.7 Å². The van der Waals surface area contributed by atoms with E-state index < -0.39 is 46.1 Å². The molecule has 2 N–H and O–H groups in total. The zero-order valence-corrected chi connectivity index (χ0v) is 22.5. The lowest BCUT2D eigenvalue weighted by atomic mass is 10.0. The lowest BCUT2D eigenvalue weighted by Crippen LogP contribution is -2.48. The number of halogens is 3. The molecule has 0 amide bonds. The van der Waals surface area contributed by atoms with Crippen LogP contribution in [0.2, 0.25) is 0 Å². The highest BCUT2D eigenvalue weighted by atomic mass is 32.2. The molecule has 2 aromatic heterocycles. The molecule has 0 aliphatic carbocycles. The van der Waals surface area contributed by atoms with Gasteiger partial charge in [0.2, 0.25) is 0 Å². The van der Waals surface area contributed by atoms with Gasteiger partial charge in [-0.15, -0.1) is 0 Å². The van der Waals surface area contributed by atoms with E-state index in [-0.39, 0.29) is 42.0 Å². The number of nitrogens with zero attached hydrogens (tertiary/aromatic N) is 4. The largest absolute Gasteiger partial charge is 0.488 e. The summed E-state index contributed by atoms with van der Waals surface area (Å²) in [5.41, 5.74) is 0.643. The van der Waals surface area contributed by atoms with Gasteiger partial charge in [-0.3, -0.25) is 0 Å². The van der Waals surface area contributed by atoms with Crippen molar-refractivity contribution >= 4 is 28.4 Å². The summed E-state index contributed by atoms with van der Waals surface area (Å²) in [5.74, 6) is -1.33. The molecule has 0 fully saturated rings. The van der Waals surface area contributed by atoms with Gasteiger partial charge in [-0.1, -0.05) is 0 Å². The van der Waals surface area contributed by atoms with Gasteiger partial charge in [0.25, 0.3) is 6.43 Å². The van der Waals surface area contributed by atoms with Crippen LogP contribution < -0.4 is 19.1 Å². The van der Waals surface area contributed by atoms with Gasteiger partial charge in [0.15, 0.2) is 17.2 Å². The van der Waals surface area contributed by atoms with Gasteiger partial charge in [-0.05, 0) is 39.8 Å². The van der Waals surface area contributed by atoms with E-state index in [1.165, 1.54) is 27.7 Å². The van der Waals surface area contributed by atoms with Crippen LogP contribution in [0.1, 0.15) is 49.2 Å². The first-order chi connectivity index (χ1) is 18.3. The van der Waals surface area contributed by atoms with E-state index in [4.69, 9.17) is 9.47 Å². The minimum atomic E-state index is -2.84. The predicted octanol–water partition coefficient (Wildman–Crippen LogP) is 3.34. The molecule has 2 aliphatic heterocycles. The smallest absolute Gasteiger partial charge is 0.341 e. The number of benzene rings is 1. The Bertz CT molecular complexity index is 1460. The highest BCUT2D eigenvalue weighted by Gasteiger charge is 2.38. The number of anilines is 1. The van der Waals surface area contributed by atoms with E-state index in [0.717, 1.165) is 6.20 Å². The quantitative estimate of drug-likeness (QED) is 0.447. The first-order valence-electron chi connectivity index (χ1n) is 12.3. The Morgan fingerprint density at radius 2 is 2.08 bits per heavy atom. The normalized spacial score (nSPS) is 20.4. The number of carboxylic acid groups (broad SMARTS) is 1. The summed E-state index contributed by atoms with van der Waals surface area (Å²) in [6.07, 6.45) is -0.474. The zero-order chi connectivity index (χ0) is 28.2. The molecule has 0 saturated carbocycles. The second-order valence-electron chi connectivity index (χ2n) is 10.6. The molecule has 210 valence electrons. The molecule has 1 aromatic carbocycles. The van der Waals surface area contributed by atoms with Gasteiger partial charge in [0, 0.05) is 24.1 Å². The van der Waals surface area contributed by atoms with Gasteiger partial charge in [0.05, 0.1) is 34.2 Å². The molecule has 5 rings (SSSR count). The van der Waals surface area contributed by atoms with Crippen molar-refractivity contribution in [3.63, 3.8) is 0 Å². The maximum absolute atomic E-state index is 14.7. The van der Waals surface area contributed by atoms with Crippen LogP contribution in [0, 0.1) is 5.82 Å². The molecule has 0 saturated heterocycles. The minimum absolute atomic E-state index is 0.00906. The van der Waals surface area contributed by atoms with Crippen LogP contribution >= 0.6 is 0 Å². The molecule has 3 aromatic rings. The van der Waals surface area contributed by atoms with Gasteiger partial charge >= 0.3 is 5.97 Å². The average Bonchev–Trinajstić information content (AvgIpc) is 3.46. The summed E-state index contributed by atoms with van der Waals surface area (Å²) < 4.78 is 71.1. The molecule has 0 spiro atoms. The fourth-order valence-corrected chi connectivity index (χ4v) is 5.44. The number of carboxylic acids is 1. The monoisotopic (exact) mass is 567 g/mol. The summed E-state index contributed by atoms with van der Waals surface area (Å²) in [4.78, 5) is 17.2. The molecule has 1 unspecified atom stereocenters. The lowest BCUT2D eigenvalue weighted by molar-refractivity contribution is 0.0697. The zero-order valence-electron chi connectivity index (χ0n) is 21.7. The Kier molecular flexibility index (Phi) is 6.95. The van der Waals surface area contributed by atoms with Crippen molar-refractivity contribution in [2.45, 2.75) is 70.0 Å². The van der Waals surface area contributed by atoms with Crippen LogP contribution in [0.5, 0.6) is 11.5 Å². The lowest BCUT2D eigenvalue weighted by Gasteiger charge is -2.37. The molecule has 10 nitrogen and oxygen atoms in total. The first-order valence-corrected chi connectivity index (χ1v) is 13.4. The van der Waals surface area contributed by atoms with Crippen LogP contribution in [-0.2, 0) is 24.0 Å². The van der Waals surface area contributed by atoms with Crippen molar-refractivity contribution in [1.82, 2.24) is 19.3 Å². The highest BCUT2D eigenvalue weighted by Crippen LogP contribution is 2.40. The van der Waals surface area contributed by atoms with E-state index in [2.05, 4.69) is 14.8 Å². The number of aromatic carboxylic acids is 1. The Morgan fingerprint density at radius 1 is 1.33 bits per heavy atom. The predicted molar refractivity (Wildman–Crippen MR) is 136 cm³/mol. The number of hydrogen-bond acceptors (Lipinski definition) is 7. The van der Waals surface area contributed by atoms with E-state index in [9.17, 15) is 27.3 Å². The number of hydrogen-bond donors (Lipinski definition) is 2. The van der Waals surface area contributed by atoms with Gasteiger partial charge < -0.3 is 19.5 Å². The third-order valence-corrected chi connectivity index (χ3v) is 8.39. The van der Waals surface area contributed by atoms with Crippen LogP contribution in [0.3, 0.4) is 0 Å². The van der Waals surface area contributed by atoms with Crippen molar-refractivity contribution in [1.29, 1.82) is 0 Å². The van der Waals surface area contributed by atoms with Gasteiger partial charge in [0.1, 0.15) is 35.9 Å². The SMILES string of the molecule is C[C@@H](N[S@](=O)C(C)(C)C)C1Cc2cc(F)cc(CN3c4nc5c(C(=O)O)cnn5cc4OC[C@H]3C(F)F)c2O1. The topological polar surface area (TPSA) is 118 Å². The number of fused-ring (bicyclic) bond motifs is 3. The van der Waals surface area contributed by atoms with Crippen LogP contribution in [-0.4, -0.2) is 65.8 Å². The molecular formula is C25H28F3N5O5S. The molecule has 2 aliphatic rings. The Hall–Kier alpha value is -3.39. The highest BCUT2D eigenvalue weighted by molar-refractivity contribution is 7.84. The van der Waals surface area contributed by atoms with Crippen LogP contribution in [0.25, 0.3) is 5.65 Å². The van der Waals surface area contributed by atoms with Gasteiger partial charge in [-0.2, -0.15) is 5.10 Å². The molecule has 39 heavy (non-hydrogen) atoms. The van der Waals surface area contributed by atoms with Crippen molar-refractivity contribution in [2.75, 3.05) is 11.5 Å². The summed E-state index contributed by atoms with van der Waals surface area (Å²) >= 11 is 0. The number of alkyl halides is 2. The fraction of sp³-hybridized carbons (Fsp3) is 0.480. The molecule has 0 bridgehead atoms. The van der Waals surface area contributed by atoms with Crippen LogP contribution in [0.4, 0.5) is 19.0 Å². The summed E-state index contributed by atoms with van der Waals surface area (Å²) in [6.45, 7) is 6.77. The summed E-state index contributed by atoms with van der Waals surface area (Å²) in [5, 5.41) is 13.4. The standard InChI is InChI=1S/C25H28F3N5O5S/c1-12(31-39(36)25(2,3)4)18-7-13-5-15(26)6-14(20(13)38-18)9-32-17(21(27)28)11-37-19-10-33-22(30-23(19)32)16(8-29-33)24(34)35/h5-6,8,10,12,17-18,21,31H,7,9,11H2,1-4H3,(H,34,35)/t12-,17+,18?,39-/m1/s1. The van der Waals surface area contributed by atoms with E-state index in [1.54, 1.807) is 0 Å². The average molecular weight is 568 g/mol. The number of ether oxygens (including phenoxy) is 2. The molecule has 0 radical (unpaired) electrons. The molecule has 4 atom stereocenters. The minimum Gasteiger partial charge on any atom is -0.488 e. The molecule has 14 heteroatoms. The van der Waals surface area contributed by atoms with Crippen molar-refractivity contribution < 1.29 is 36.8 Å². The van der Waals surface area contributed by atoms with Crippen molar-refractivity contribution in [3.05, 3.63) is 47.0 Å². The van der Waals surface area contributed by atoms with Gasteiger partial charge in [-0.25, -0.2) is 36.4 Å². The third-order valence-electron chi connectivity index (χ3n) is 6.69. The Morgan fingerprint density at radius 3 is 2.74 bits per heavy atom. The van der Waals surface area contributed by atoms with Crippen molar-refractivity contribution in [3.8, 4) is 11.5 Å². The second-order valence-corrected chi connectivity index (χ2v) is 12.6. The van der Waals surface area contributed by atoms with Crippen molar-refractivity contribution in [2.24, 2.45) is 0 Å². The van der Waals surface area contributed by atoms with Crippen LogP contribution in [0.15, 0.2) is 24.5 Å². The summed E-state index contributed by atoms with van der Waals surface area (Å²) in [7, 11) is -1.36. The summed E-state index contributed by atoms with van der Waals surface area (Å²) in [6, 6.07) is 0.786. The van der Waals surface area contributed by atoms with E-state index >= 15 is 0 Å². The number of carbonyl (C=O) groups is 1. The second kappa shape index (κ2) is 9.97. The maximum atomic E-state index is 14.7. The fourth-order valence-electron chi connectivity index (χ4n) is 4.59. The van der Waals surface area contributed by atoms with E-state index in [0.29, 0.717) is 23.3 Å².